The van der Waals surface area contributed by atoms with Crippen LogP contribution in [0.5, 0.6) is 0 Å². The lowest BCUT2D eigenvalue weighted by Gasteiger charge is -2.26. The molecule has 0 saturated heterocycles. The lowest BCUT2D eigenvalue weighted by Crippen LogP contribution is -2.53. The van der Waals surface area contributed by atoms with Gasteiger partial charge in [0.2, 0.25) is 10.0 Å². The SMILES string of the molecule is CCCNC(=NC)NCC(C)(C)NS(C)(=O)=O. The minimum absolute atomic E-state index is 0.462. The Morgan fingerprint density at radius 2 is 1.88 bits per heavy atom. The first-order chi connectivity index (χ1) is 7.70. The van der Waals surface area contributed by atoms with Crippen LogP contribution in [0.4, 0.5) is 0 Å². The molecule has 102 valence electrons. The largest absolute Gasteiger partial charge is 0.356 e. The Morgan fingerprint density at radius 3 is 2.29 bits per heavy atom. The van der Waals surface area contributed by atoms with Gasteiger partial charge in [-0.1, -0.05) is 6.92 Å². The second-order valence-corrected chi connectivity index (χ2v) is 6.36. The van der Waals surface area contributed by atoms with Crippen molar-refractivity contribution in [2.45, 2.75) is 32.7 Å². The van der Waals surface area contributed by atoms with Crippen LogP contribution in [0.1, 0.15) is 27.2 Å². The van der Waals surface area contributed by atoms with Gasteiger partial charge in [0.15, 0.2) is 5.96 Å². The van der Waals surface area contributed by atoms with Gasteiger partial charge < -0.3 is 10.6 Å². The molecule has 17 heavy (non-hydrogen) atoms. The molecule has 0 aliphatic heterocycles. The Morgan fingerprint density at radius 1 is 1.29 bits per heavy atom. The summed E-state index contributed by atoms with van der Waals surface area (Å²) in [5.74, 6) is 0.676. The zero-order valence-electron chi connectivity index (χ0n) is 11.3. The van der Waals surface area contributed by atoms with E-state index >= 15 is 0 Å². The van der Waals surface area contributed by atoms with Crippen molar-refractivity contribution in [3.8, 4) is 0 Å². The van der Waals surface area contributed by atoms with Crippen LogP contribution in [0.3, 0.4) is 0 Å². The predicted octanol–water partition coefficient (Wildman–Crippen LogP) is -0.111. The van der Waals surface area contributed by atoms with Crippen molar-refractivity contribution in [1.82, 2.24) is 15.4 Å². The van der Waals surface area contributed by atoms with Gasteiger partial charge in [-0.05, 0) is 20.3 Å². The highest BCUT2D eigenvalue weighted by Gasteiger charge is 2.22. The second kappa shape index (κ2) is 6.80. The van der Waals surface area contributed by atoms with Crippen molar-refractivity contribution in [1.29, 1.82) is 0 Å². The van der Waals surface area contributed by atoms with Crippen LogP contribution in [0.25, 0.3) is 0 Å². The van der Waals surface area contributed by atoms with E-state index in [4.69, 9.17) is 0 Å². The summed E-state index contributed by atoms with van der Waals surface area (Å²) in [6, 6.07) is 0. The fourth-order valence-corrected chi connectivity index (χ4v) is 2.38. The Labute approximate surface area is 104 Å². The molecular weight excluding hydrogens is 240 g/mol. The predicted molar refractivity (Wildman–Crippen MR) is 71.7 cm³/mol. The van der Waals surface area contributed by atoms with Gasteiger partial charge >= 0.3 is 0 Å². The summed E-state index contributed by atoms with van der Waals surface area (Å²) in [5, 5.41) is 6.20. The Bertz CT molecular complexity index is 349. The Balaban J connectivity index is 4.24. The number of sulfonamides is 1. The number of guanidine groups is 1. The quantitative estimate of drug-likeness (QED) is 0.462. The highest BCUT2D eigenvalue weighted by molar-refractivity contribution is 7.88. The van der Waals surface area contributed by atoms with Gasteiger partial charge in [-0.25, -0.2) is 13.1 Å². The van der Waals surface area contributed by atoms with Crippen LogP contribution in [-0.4, -0.2) is 46.3 Å². The smallest absolute Gasteiger partial charge is 0.209 e. The summed E-state index contributed by atoms with van der Waals surface area (Å²) in [7, 11) is -1.52. The second-order valence-electron chi connectivity index (χ2n) is 4.61. The lowest BCUT2D eigenvalue weighted by molar-refractivity contribution is 0.446. The number of hydrogen-bond donors (Lipinski definition) is 3. The zero-order chi connectivity index (χ0) is 13.5. The van der Waals surface area contributed by atoms with Crippen molar-refractivity contribution in [2.24, 2.45) is 4.99 Å². The molecule has 0 radical (unpaired) electrons. The molecule has 0 fully saturated rings. The maximum atomic E-state index is 11.1. The van der Waals surface area contributed by atoms with E-state index in [1.54, 1.807) is 7.05 Å². The van der Waals surface area contributed by atoms with Gasteiger partial charge in [0.05, 0.1) is 6.26 Å². The van der Waals surface area contributed by atoms with E-state index in [0.29, 0.717) is 12.5 Å². The molecule has 0 aromatic heterocycles. The minimum atomic E-state index is -3.20. The van der Waals surface area contributed by atoms with Crippen LogP contribution in [-0.2, 0) is 10.0 Å². The fraction of sp³-hybridized carbons (Fsp3) is 0.900. The highest BCUT2D eigenvalue weighted by atomic mass is 32.2. The number of aliphatic imine (C=N–C) groups is 1. The molecule has 0 saturated carbocycles. The average molecular weight is 264 g/mol. The summed E-state index contributed by atoms with van der Waals surface area (Å²) in [6.07, 6.45) is 2.16. The molecule has 6 nitrogen and oxygen atoms in total. The molecule has 0 spiro atoms. The minimum Gasteiger partial charge on any atom is -0.356 e. The average Bonchev–Trinajstić information content (AvgIpc) is 2.14. The molecule has 0 heterocycles. The van der Waals surface area contributed by atoms with Crippen LogP contribution >= 0.6 is 0 Å². The normalized spacial score (nSPS) is 13.6. The van der Waals surface area contributed by atoms with E-state index < -0.39 is 15.6 Å². The van der Waals surface area contributed by atoms with Crippen LogP contribution < -0.4 is 15.4 Å². The number of nitrogens with one attached hydrogen (secondary N) is 3. The first kappa shape index (κ1) is 16.2. The molecule has 0 unspecified atom stereocenters. The number of hydrogen-bond acceptors (Lipinski definition) is 3. The van der Waals surface area contributed by atoms with E-state index in [0.717, 1.165) is 19.2 Å². The third-order valence-electron chi connectivity index (χ3n) is 1.93. The van der Waals surface area contributed by atoms with Gasteiger partial charge in [-0.15, -0.1) is 0 Å². The summed E-state index contributed by atoms with van der Waals surface area (Å²) >= 11 is 0. The molecule has 0 aliphatic carbocycles. The third kappa shape index (κ3) is 8.93. The molecule has 0 aromatic rings. The maximum Gasteiger partial charge on any atom is 0.209 e. The van der Waals surface area contributed by atoms with Gasteiger partial charge in [-0.2, -0.15) is 0 Å². The first-order valence-electron chi connectivity index (χ1n) is 5.63. The number of rotatable bonds is 6. The van der Waals surface area contributed by atoms with E-state index in [2.05, 4.69) is 27.3 Å². The molecule has 0 rings (SSSR count). The third-order valence-corrected chi connectivity index (χ3v) is 2.85. The summed E-state index contributed by atoms with van der Waals surface area (Å²) < 4.78 is 24.9. The summed E-state index contributed by atoms with van der Waals surface area (Å²) in [5.41, 5.74) is -0.558. The van der Waals surface area contributed by atoms with Crippen molar-refractivity contribution < 1.29 is 8.42 Å². The van der Waals surface area contributed by atoms with Crippen molar-refractivity contribution >= 4 is 16.0 Å². The van der Waals surface area contributed by atoms with Crippen LogP contribution in [0, 0.1) is 0 Å². The molecule has 0 bridgehead atoms. The van der Waals surface area contributed by atoms with Gasteiger partial charge in [0.25, 0.3) is 0 Å². The summed E-state index contributed by atoms with van der Waals surface area (Å²) in [6.45, 7) is 6.99. The lowest BCUT2D eigenvalue weighted by atomic mass is 10.1. The molecule has 7 heteroatoms. The standard InChI is InChI=1S/C10H24N4O2S/c1-6-7-12-9(11-4)13-8-10(2,3)14-17(5,15)16/h14H,6-8H2,1-5H3,(H2,11,12,13). The molecule has 0 aliphatic rings. The highest BCUT2D eigenvalue weighted by Crippen LogP contribution is 2.01. The van der Waals surface area contributed by atoms with Crippen LogP contribution in [0.15, 0.2) is 4.99 Å². The van der Waals surface area contributed by atoms with Crippen molar-refractivity contribution in [2.75, 3.05) is 26.4 Å². The number of nitrogens with zero attached hydrogens (tertiary/aromatic N) is 1. The van der Waals surface area contributed by atoms with Gasteiger partial charge in [-0.3, -0.25) is 4.99 Å². The summed E-state index contributed by atoms with van der Waals surface area (Å²) in [4.78, 5) is 4.04. The van der Waals surface area contributed by atoms with Crippen molar-refractivity contribution in [3.63, 3.8) is 0 Å². The fourth-order valence-electron chi connectivity index (χ4n) is 1.31. The van der Waals surface area contributed by atoms with E-state index in [-0.39, 0.29) is 0 Å². The Hall–Kier alpha value is -0.820. The van der Waals surface area contributed by atoms with E-state index in [1.165, 1.54) is 0 Å². The van der Waals surface area contributed by atoms with Crippen molar-refractivity contribution in [3.05, 3.63) is 0 Å². The van der Waals surface area contributed by atoms with Crippen LogP contribution in [0.2, 0.25) is 0 Å². The maximum absolute atomic E-state index is 11.1. The first-order valence-corrected chi connectivity index (χ1v) is 7.53. The van der Waals surface area contributed by atoms with E-state index in [1.807, 2.05) is 13.8 Å². The molecular formula is C10H24N4O2S. The monoisotopic (exact) mass is 264 g/mol. The Kier molecular flexibility index (Phi) is 6.48. The topological polar surface area (TPSA) is 82.6 Å². The molecule has 3 N–H and O–H groups in total. The van der Waals surface area contributed by atoms with Gasteiger partial charge in [0, 0.05) is 25.7 Å². The molecule has 0 atom stereocenters. The van der Waals surface area contributed by atoms with E-state index in [9.17, 15) is 8.42 Å². The van der Waals surface area contributed by atoms with Gasteiger partial charge in [0.1, 0.15) is 0 Å². The molecule has 0 amide bonds. The zero-order valence-corrected chi connectivity index (χ0v) is 12.1. The molecule has 0 aromatic carbocycles.